The molecule has 48 heavy (non-hydrogen) atoms. The first kappa shape index (κ1) is 35.5. The molecular formula is C38H41Cl2N3O4S. The fourth-order valence-electron chi connectivity index (χ4n) is 6.18. The lowest BCUT2D eigenvalue weighted by Crippen LogP contribution is -2.55. The molecule has 0 aromatic heterocycles. The third kappa shape index (κ3) is 8.98. The van der Waals surface area contributed by atoms with Crippen molar-refractivity contribution in [1.82, 2.24) is 10.2 Å². The standard InChI is InChI=1S/C38H41Cl2N3O4S/c1-27-16-19-34(20-17-27)48(46,47)43(35-21-18-32(40)22-28(35)2)26-37(44)42(25-30-12-9-13-31(39)23-30)36(24-29-10-5-3-6-11-29)38(45)41-33-14-7-4-8-15-33/h3,5-6,9-13,16-23,33,36H,4,7-8,14-15,24-26H2,1-2H3,(H,41,45). The molecular weight excluding hydrogens is 665 g/mol. The molecule has 1 atom stereocenters. The van der Waals surface area contributed by atoms with Crippen LogP contribution in [-0.2, 0) is 32.6 Å². The van der Waals surface area contributed by atoms with E-state index in [-0.39, 0.29) is 29.8 Å². The van der Waals surface area contributed by atoms with Crippen molar-refractivity contribution in [3.63, 3.8) is 0 Å². The van der Waals surface area contributed by atoms with Crippen LogP contribution in [0.4, 0.5) is 5.69 Å². The van der Waals surface area contributed by atoms with Gasteiger partial charge in [0, 0.05) is 29.1 Å². The molecule has 1 aliphatic carbocycles. The lowest BCUT2D eigenvalue weighted by Gasteiger charge is -2.35. The maximum absolute atomic E-state index is 14.7. The van der Waals surface area contributed by atoms with E-state index in [0.717, 1.165) is 53.1 Å². The van der Waals surface area contributed by atoms with Crippen LogP contribution in [0, 0.1) is 13.8 Å². The lowest BCUT2D eigenvalue weighted by atomic mass is 9.94. The third-order valence-corrected chi connectivity index (χ3v) is 11.0. The summed E-state index contributed by atoms with van der Waals surface area (Å²) in [4.78, 5) is 30.5. The van der Waals surface area contributed by atoms with Gasteiger partial charge in [0.05, 0.1) is 10.6 Å². The van der Waals surface area contributed by atoms with E-state index < -0.39 is 28.5 Å². The molecule has 0 saturated heterocycles. The number of amides is 2. The molecule has 0 radical (unpaired) electrons. The highest BCUT2D eigenvalue weighted by molar-refractivity contribution is 7.92. The van der Waals surface area contributed by atoms with Crippen LogP contribution in [0.15, 0.2) is 102 Å². The Labute approximate surface area is 293 Å². The first-order chi connectivity index (χ1) is 23.0. The summed E-state index contributed by atoms with van der Waals surface area (Å²) in [5.74, 6) is -0.795. The number of hydrogen-bond acceptors (Lipinski definition) is 4. The van der Waals surface area contributed by atoms with Crippen LogP contribution in [0.3, 0.4) is 0 Å². The highest BCUT2D eigenvalue weighted by Gasteiger charge is 2.36. The van der Waals surface area contributed by atoms with Crippen LogP contribution in [-0.4, -0.2) is 43.8 Å². The van der Waals surface area contributed by atoms with E-state index in [1.54, 1.807) is 55.5 Å². The van der Waals surface area contributed by atoms with Crippen molar-refractivity contribution in [2.75, 3.05) is 10.8 Å². The van der Waals surface area contributed by atoms with E-state index in [4.69, 9.17) is 23.2 Å². The van der Waals surface area contributed by atoms with Gasteiger partial charge in [-0.25, -0.2) is 8.42 Å². The van der Waals surface area contributed by atoms with Crippen molar-refractivity contribution < 1.29 is 18.0 Å². The zero-order valence-electron chi connectivity index (χ0n) is 27.2. The molecule has 1 saturated carbocycles. The molecule has 1 N–H and O–H groups in total. The second-order valence-corrected chi connectivity index (χ2v) is 15.2. The second-order valence-electron chi connectivity index (χ2n) is 12.5. The van der Waals surface area contributed by atoms with Crippen LogP contribution in [0.2, 0.25) is 10.0 Å². The monoisotopic (exact) mass is 705 g/mol. The summed E-state index contributed by atoms with van der Waals surface area (Å²) >= 11 is 12.6. The Morgan fingerprint density at radius 2 is 1.48 bits per heavy atom. The number of carbonyl (C=O) groups is 2. The average molecular weight is 707 g/mol. The van der Waals surface area contributed by atoms with Crippen LogP contribution in [0.25, 0.3) is 0 Å². The molecule has 10 heteroatoms. The molecule has 4 aromatic carbocycles. The first-order valence-corrected chi connectivity index (χ1v) is 18.4. The van der Waals surface area contributed by atoms with E-state index >= 15 is 0 Å². The number of anilines is 1. The number of nitrogens with one attached hydrogen (secondary N) is 1. The van der Waals surface area contributed by atoms with Gasteiger partial charge in [0.15, 0.2) is 0 Å². The zero-order valence-corrected chi connectivity index (χ0v) is 29.6. The Balaban J connectivity index is 1.58. The van der Waals surface area contributed by atoms with Gasteiger partial charge in [-0.1, -0.05) is 103 Å². The molecule has 2 amide bonds. The lowest BCUT2D eigenvalue weighted by molar-refractivity contribution is -0.140. The summed E-state index contributed by atoms with van der Waals surface area (Å²) in [6.45, 7) is 3.14. The van der Waals surface area contributed by atoms with Gasteiger partial charge in [-0.15, -0.1) is 0 Å². The van der Waals surface area contributed by atoms with Crippen LogP contribution >= 0.6 is 23.2 Å². The molecule has 0 spiro atoms. The number of benzene rings is 4. The summed E-state index contributed by atoms with van der Waals surface area (Å²) in [7, 11) is -4.22. The minimum Gasteiger partial charge on any atom is -0.352 e. The Bertz CT molecular complexity index is 1830. The average Bonchev–Trinajstić information content (AvgIpc) is 3.06. The summed E-state index contributed by atoms with van der Waals surface area (Å²) in [5, 5.41) is 4.16. The van der Waals surface area contributed by atoms with Crippen LogP contribution < -0.4 is 9.62 Å². The number of aryl methyl sites for hydroxylation is 2. The first-order valence-electron chi connectivity index (χ1n) is 16.2. The highest BCUT2D eigenvalue weighted by Crippen LogP contribution is 2.30. The molecule has 0 aliphatic heterocycles. The van der Waals surface area contributed by atoms with Crippen LogP contribution in [0.1, 0.15) is 54.4 Å². The third-order valence-electron chi connectivity index (χ3n) is 8.78. The second kappa shape index (κ2) is 16.0. The van der Waals surface area contributed by atoms with Crippen molar-refractivity contribution >= 4 is 50.7 Å². The van der Waals surface area contributed by atoms with Gasteiger partial charge in [-0.3, -0.25) is 13.9 Å². The molecule has 1 aliphatic rings. The van der Waals surface area contributed by atoms with Gasteiger partial charge < -0.3 is 10.2 Å². The Morgan fingerprint density at radius 3 is 2.15 bits per heavy atom. The minimum atomic E-state index is -4.22. The van der Waals surface area contributed by atoms with Gasteiger partial charge >= 0.3 is 0 Å². The molecule has 4 aromatic rings. The molecule has 5 rings (SSSR count). The molecule has 1 unspecified atom stereocenters. The molecule has 1 fully saturated rings. The summed E-state index contributed by atoms with van der Waals surface area (Å²) in [6.07, 6.45) is 5.21. The maximum Gasteiger partial charge on any atom is 0.264 e. The normalized spacial score (nSPS) is 14.2. The maximum atomic E-state index is 14.7. The van der Waals surface area contributed by atoms with E-state index in [2.05, 4.69) is 5.32 Å². The number of rotatable bonds is 12. The van der Waals surface area contributed by atoms with Gasteiger partial charge in [0.2, 0.25) is 11.8 Å². The van der Waals surface area contributed by atoms with Crippen molar-refractivity contribution in [3.05, 3.63) is 129 Å². The van der Waals surface area contributed by atoms with Gasteiger partial charge in [0.1, 0.15) is 12.6 Å². The zero-order chi connectivity index (χ0) is 34.3. The van der Waals surface area contributed by atoms with E-state index in [9.17, 15) is 18.0 Å². The van der Waals surface area contributed by atoms with E-state index in [1.165, 1.54) is 17.0 Å². The molecule has 0 bridgehead atoms. The summed E-state index contributed by atoms with van der Waals surface area (Å²) < 4.78 is 29.8. The molecule has 252 valence electrons. The number of halogens is 2. The SMILES string of the molecule is Cc1ccc(S(=O)(=O)N(CC(=O)N(Cc2cccc(Cl)c2)C(Cc2ccccc2)C(=O)NC2CCCCC2)c2ccc(Cl)cc2C)cc1. The minimum absolute atomic E-state index is 0.0165. The van der Waals surface area contributed by atoms with Gasteiger partial charge in [-0.2, -0.15) is 0 Å². The van der Waals surface area contributed by atoms with Gasteiger partial charge in [0.25, 0.3) is 10.0 Å². The highest BCUT2D eigenvalue weighted by atomic mass is 35.5. The predicted molar refractivity (Wildman–Crippen MR) is 193 cm³/mol. The topological polar surface area (TPSA) is 86.8 Å². The van der Waals surface area contributed by atoms with Crippen molar-refractivity contribution in [2.24, 2.45) is 0 Å². The van der Waals surface area contributed by atoms with Crippen molar-refractivity contribution in [3.8, 4) is 0 Å². The number of hydrogen-bond donors (Lipinski definition) is 1. The Morgan fingerprint density at radius 1 is 0.812 bits per heavy atom. The van der Waals surface area contributed by atoms with E-state index in [0.29, 0.717) is 21.3 Å². The fraction of sp³-hybridized carbons (Fsp3) is 0.316. The van der Waals surface area contributed by atoms with Gasteiger partial charge in [-0.05, 0) is 85.8 Å². The molecule has 7 nitrogen and oxygen atoms in total. The van der Waals surface area contributed by atoms with Crippen LogP contribution in [0.5, 0.6) is 0 Å². The summed E-state index contributed by atoms with van der Waals surface area (Å²) in [5.41, 5.74) is 3.41. The Kier molecular flexibility index (Phi) is 11.8. The predicted octanol–water partition coefficient (Wildman–Crippen LogP) is 7.89. The largest absolute Gasteiger partial charge is 0.352 e. The summed E-state index contributed by atoms with van der Waals surface area (Å²) in [6, 6.07) is 27.2. The fourth-order valence-corrected chi connectivity index (χ4v) is 8.10. The van der Waals surface area contributed by atoms with Crippen molar-refractivity contribution in [1.29, 1.82) is 0 Å². The van der Waals surface area contributed by atoms with E-state index in [1.807, 2.05) is 43.3 Å². The number of nitrogens with zero attached hydrogens (tertiary/aromatic N) is 2. The quantitative estimate of drug-likeness (QED) is 0.162. The molecule has 0 heterocycles. The number of carbonyl (C=O) groups excluding carboxylic acids is 2. The smallest absolute Gasteiger partial charge is 0.264 e. The number of sulfonamides is 1. The van der Waals surface area contributed by atoms with Crippen molar-refractivity contribution in [2.45, 2.75) is 75.9 Å². The Hall–Kier alpha value is -3.85.